The molecule has 7 heteroatoms. The van der Waals surface area contributed by atoms with Crippen LogP contribution in [0.2, 0.25) is 5.02 Å². The summed E-state index contributed by atoms with van der Waals surface area (Å²) in [7, 11) is 3.41. The van der Waals surface area contributed by atoms with Crippen LogP contribution in [-0.4, -0.2) is 35.5 Å². The number of aryl methyl sites for hydroxylation is 1. The van der Waals surface area contributed by atoms with E-state index in [4.69, 9.17) is 21.1 Å². The molecule has 0 aliphatic carbocycles. The Hall–Kier alpha value is -2.96. The van der Waals surface area contributed by atoms with Crippen molar-refractivity contribution in [3.05, 3.63) is 75.2 Å². The van der Waals surface area contributed by atoms with E-state index in [1.807, 2.05) is 30.7 Å². The van der Waals surface area contributed by atoms with Crippen LogP contribution < -0.4 is 14.8 Å². The summed E-state index contributed by atoms with van der Waals surface area (Å²) in [5.74, 6) is 1.72. The molecule has 2 N–H and O–H groups in total. The van der Waals surface area contributed by atoms with E-state index in [-0.39, 0.29) is 6.04 Å². The van der Waals surface area contributed by atoms with Crippen molar-refractivity contribution in [2.75, 3.05) is 20.8 Å². The average molecular weight is 451 g/mol. The quantitative estimate of drug-likeness (QED) is 0.452. The number of methoxy groups -OCH3 is 2. The Morgan fingerprint density at radius 3 is 2.69 bits per heavy atom. The van der Waals surface area contributed by atoms with Gasteiger partial charge in [0.2, 0.25) is 0 Å². The maximum absolute atomic E-state index is 6.37. The van der Waals surface area contributed by atoms with Gasteiger partial charge in [-0.25, -0.2) is 0 Å². The summed E-state index contributed by atoms with van der Waals surface area (Å²) in [6.45, 7) is 5.43. The molecule has 0 unspecified atom stereocenters. The van der Waals surface area contributed by atoms with Gasteiger partial charge in [0.1, 0.15) is 11.5 Å². The highest BCUT2D eigenvalue weighted by atomic mass is 35.5. The molecular weight excluding hydrogens is 424 g/mol. The normalized spacial score (nSPS) is 15.7. The van der Waals surface area contributed by atoms with Crippen LogP contribution in [-0.2, 0) is 13.0 Å². The zero-order chi connectivity index (χ0) is 22.4. The molecule has 0 bridgehead atoms. The van der Waals surface area contributed by atoms with Gasteiger partial charge in [0.25, 0.3) is 0 Å². The number of nitrogens with zero attached hydrogens (tertiary/aromatic N) is 2. The third-order valence-electron chi connectivity index (χ3n) is 6.41. The van der Waals surface area contributed by atoms with Gasteiger partial charge >= 0.3 is 0 Å². The van der Waals surface area contributed by atoms with Crippen LogP contribution in [0.4, 0.5) is 0 Å². The third-order valence-corrected chi connectivity index (χ3v) is 6.96. The van der Waals surface area contributed by atoms with E-state index in [1.54, 1.807) is 14.2 Å². The topological polar surface area (TPSA) is 64.1 Å². The highest BCUT2D eigenvalue weighted by molar-refractivity contribution is 6.31. The monoisotopic (exact) mass is 450 g/mol. The minimum Gasteiger partial charge on any atom is -0.497 e. The highest BCUT2D eigenvalue weighted by Crippen LogP contribution is 2.36. The molecule has 0 radical (unpaired) electrons. The van der Waals surface area contributed by atoms with E-state index in [0.717, 1.165) is 46.9 Å². The zero-order valence-corrected chi connectivity index (χ0v) is 19.5. The smallest absolute Gasteiger partial charge is 0.123 e. The van der Waals surface area contributed by atoms with Crippen molar-refractivity contribution >= 4 is 22.5 Å². The summed E-state index contributed by atoms with van der Waals surface area (Å²) in [6, 6.07) is 12.7. The Labute approximate surface area is 192 Å². The third kappa shape index (κ3) is 3.44. The highest BCUT2D eigenvalue weighted by Gasteiger charge is 2.26. The van der Waals surface area contributed by atoms with E-state index >= 15 is 0 Å². The van der Waals surface area contributed by atoms with Crippen LogP contribution in [0.25, 0.3) is 10.9 Å². The van der Waals surface area contributed by atoms with Gasteiger partial charge in [-0.1, -0.05) is 17.7 Å². The Bertz CT molecular complexity index is 1310. The number of aromatic nitrogens is 3. The number of aromatic amines is 1. The Kier molecular flexibility index (Phi) is 5.35. The van der Waals surface area contributed by atoms with Gasteiger partial charge in [-0.2, -0.15) is 5.10 Å². The first-order valence-corrected chi connectivity index (χ1v) is 11.2. The molecule has 32 heavy (non-hydrogen) atoms. The molecule has 0 fully saturated rings. The number of halogens is 1. The Balaban J connectivity index is 1.56. The van der Waals surface area contributed by atoms with Crippen molar-refractivity contribution in [3.63, 3.8) is 0 Å². The summed E-state index contributed by atoms with van der Waals surface area (Å²) in [4.78, 5) is 3.65. The predicted molar refractivity (Wildman–Crippen MR) is 127 cm³/mol. The molecule has 6 nitrogen and oxygen atoms in total. The number of benzene rings is 2. The van der Waals surface area contributed by atoms with E-state index in [0.29, 0.717) is 11.6 Å². The number of hydrogen-bond acceptors (Lipinski definition) is 4. The summed E-state index contributed by atoms with van der Waals surface area (Å²) in [6.07, 6.45) is 0.978. The van der Waals surface area contributed by atoms with Crippen molar-refractivity contribution in [1.82, 2.24) is 20.1 Å². The fourth-order valence-electron chi connectivity index (χ4n) is 4.71. The number of H-pyrrole nitrogens is 1. The first kappa shape index (κ1) is 20.9. The molecule has 2 aromatic carbocycles. The summed E-state index contributed by atoms with van der Waals surface area (Å²) in [5, 5.41) is 10.2. The molecule has 1 aliphatic rings. The SMILES string of the molecule is COc1ccc2[nH]c3c(c2c1)CCN[C@H]3c1ccc(OC)c(Cn2nc(C)c(Cl)c2C)c1. The van der Waals surface area contributed by atoms with Crippen molar-refractivity contribution in [1.29, 1.82) is 0 Å². The fourth-order valence-corrected chi connectivity index (χ4v) is 4.85. The lowest BCUT2D eigenvalue weighted by Gasteiger charge is -2.25. The number of rotatable bonds is 5. The van der Waals surface area contributed by atoms with Crippen LogP contribution in [0.3, 0.4) is 0 Å². The maximum atomic E-state index is 6.37. The summed E-state index contributed by atoms with van der Waals surface area (Å²) in [5.41, 5.74) is 7.75. The zero-order valence-electron chi connectivity index (χ0n) is 18.8. The first-order chi connectivity index (χ1) is 15.5. The van der Waals surface area contributed by atoms with Crippen LogP contribution in [0.5, 0.6) is 11.5 Å². The van der Waals surface area contributed by atoms with Crippen molar-refractivity contribution < 1.29 is 9.47 Å². The molecule has 0 amide bonds. The van der Waals surface area contributed by atoms with Crippen LogP contribution in [0.15, 0.2) is 36.4 Å². The van der Waals surface area contributed by atoms with Crippen molar-refractivity contribution in [2.24, 2.45) is 0 Å². The number of fused-ring (bicyclic) bond motifs is 3. The summed E-state index contributed by atoms with van der Waals surface area (Å²) >= 11 is 6.37. The molecule has 2 aromatic heterocycles. The molecule has 0 saturated heterocycles. The molecule has 1 atom stereocenters. The van der Waals surface area contributed by atoms with Gasteiger partial charge in [-0.15, -0.1) is 0 Å². The van der Waals surface area contributed by atoms with Gasteiger partial charge < -0.3 is 19.8 Å². The van der Waals surface area contributed by atoms with Gasteiger partial charge in [0.15, 0.2) is 0 Å². The second-order valence-electron chi connectivity index (χ2n) is 8.28. The van der Waals surface area contributed by atoms with Crippen molar-refractivity contribution in [2.45, 2.75) is 32.9 Å². The number of hydrogen-bond donors (Lipinski definition) is 2. The maximum Gasteiger partial charge on any atom is 0.123 e. The molecule has 0 spiro atoms. The van der Waals surface area contributed by atoms with Crippen LogP contribution in [0.1, 0.15) is 39.8 Å². The van der Waals surface area contributed by atoms with Crippen molar-refractivity contribution in [3.8, 4) is 11.5 Å². The molecule has 1 aliphatic heterocycles. The first-order valence-electron chi connectivity index (χ1n) is 10.8. The Morgan fingerprint density at radius 2 is 1.97 bits per heavy atom. The van der Waals surface area contributed by atoms with Gasteiger partial charge in [-0.3, -0.25) is 4.68 Å². The summed E-state index contributed by atoms with van der Waals surface area (Å²) < 4.78 is 13.1. The van der Waals surface area contributed by atoms with Crippen LogP contribution >= 0.6 is 11.6 Å². The van der Waals surface area contributed by atoms with E-state index in [1.165, 1.54) is 22.2 Å². The lowest BCUT2D eigenvalue weighted by Crippen LogP contribution is -2.30. The molecule has 0 saturated carbocycles. The lowest BCUT2D eigenvalue weighted by atomic mass is 9.93. The Morgan fingerprint density at radius 1 is 1.12 bits per heavy atom. The van der Waals surface area contributed by atoms with Gasteiger partial charge in [0, 0.05) is 28.7 Å². The van der Waals surface area contributed by atoms with Crippen LogP contribution in [0, 0.1) is 13.8 Å². The lowest BCUT2D eigenvalue weighted by molar-refractivity contribution is 0.406. The molecular formula is C25H27ClN4O2. The average Bonchev–Trinajstić information content (AvgIpc) is 3.30. The van der Waals surface area contributed by atoms with Gasteiger partial charge in [0.05, 0.1) is 43.2 Å². The van der Waals surface area contributed by atoms with E-state index in [2.05, 4.69) is 39.7 Å². The van der Waals surface area contributed by atoms with E-state index in [9.17, 15) is 0 Å². The largest absolute Gasteiger partial charge is 0.497 e. The molecule has 3 heterocycles. The second-order valence-corrected chi connectivity index (χ2v) is 8.66. The minimum absolute atomic E-state index is 0.0749. The standard InChI is InChI=1S/C25H27ClN4O2/c1-14-23(26)15(2)30(29-14)13-17-11-16(5-8-22(17)32-4)24-25-19(9-10-27-24)20-12-18(31-3)6-7-21(20)28-25/h5-8,11-12,24,27-28H,9-10,13H2,1-4H3/t24-/m0/s1. The minimum atomic E-state index is 0.0749. The number of ether oxygens (including phenoxy) is 2. The number of nitrogens with one attached hydrogen (secondary N) is 2. The molecule has 5 rings (SSSR count). The molecule has 4 aromatic rings. The second kappa shape index (κ2) is 8.19. The fraction of sp³-hybridized carbons (Fsp3) is 0.320. The predicted octanol–water partition coefficient (Wildman–Crippen LogP) is 4.94. The molecule has 166 valence electrons. The van der Waals surface area contributed by atoms with Gasteiger partial charge in [-0.05, 0) is 61.7 Å². The van der Waals surface area contributed by atoms with E-state index < -0.39 is 0 Å².